The van der Waals surface area contributed by atoms with Crippen molar-refractivity contribution in [3.05, 3.63) is 80.9 Å². The SMILES string of the molecule is CCN(CCc1ccccc1)C(=O)Cn1[nH]c(=O)c2ccccc2c1=O. The van der Waals surface area contributed by atoms with Crippen molar-refractivity contribution < 1.29 is 4.79 Å². The Morgan fingerprint density at radius 2 is 1.65 bits per heavy atom. The second-order valence-corrected chi connectivity index (χ2v) is 6.09. The molecule has 1 aromatic heterocycles. The summed E-state index contributed by atoms with van der Waals surface area (Å²) in [5.41, 5.74) is 0.406. The summed E-state index contributed by atoms with van der Waals surface area (Å²) < 4.78 is 1.10. The molecule has 6 heteroatoms. The summed E-state index contributed by atoms with van der Waals surface area (Å²) in [4.78, 5) is 39.0. The highest BCUT2D eigenvalue weighted by molar-refractivity contribution is 5.81. The lowest BCUT2D eigenvalue weighted by atomic mass is 10.1. The Balaban J connectivity index is 1.78. The van der Waals surface area contributed by atoms with Gasteiger partial charge < -0.3 is 4.90 Å². The number of amides is 1. The van der Waals surface area contributed by atoms with Gasteiger partial charge in [0.1, 0.15) is 6.54 Å². The topological polar surface area (TPSA) is 75.2 Å². The van der Waals surface area contributed by atoms with Gasteiger partial charge in [-0.2, -0.15) is 0 Å². The second kappa shape index (κ2) is 7.82. The van der Waals surface area contributed by atoms with Gasteiger partial charge in [0.2, 0.25) is 5.91 Å². The highest BCUT2D eigenvalue weighted by atomic mass is 16.2. The number of benzene rings is 2. The first-order valence-corrected chi connectivity index (χ1v) is 8.63. The van der Waals surface area contributed by atoms with Crippen LogP contribution < -0.4 is 11.1 Å². The summed E-state index contributed by atoms with van der Waals surface area (Å²) in [5.74, 6) is -0.198. The smallest absolute Gasteiger partial charge is 0.273 e. The average Bonchev–Trinajstić information content (AvgIpc) is 2.67. The molecule has 0 bridgehead atoms. The van der Waals surface area contributed by atoms with Crippen LogP contribution in [-0.4, -0.2) is 33.7 Å². The first-order chi connectivity index (χ1) is 12.6. The molecule has 0 saturated heterocycles. The van der Waals surface area contributed by atoms with Crippen LogP contribution in [0.3, 0.4) is 0 Å². The predicted molar refractivity (Wildman–Crippen MR) is 101 cm³/mol. The van der Waals surface area contributed by atoms with E-state index in [1.54, 1.807) is 29.2 Å². The van der Waals surface area contributed by atoms with Crippen LogP contribution in [-0.2, 0) is 17.8 Å². The molecule has 1 amide bonds. The van der Waals surface area contributed by atoms with Crippen molar-refractivity contribution in [2.45, 2.75) is 19.9 Å². The number of hydrogen-bond acceptors (Lipinski definition) is 3. The second-order valence-electron chi connectivity index (χ2n) is 6.09. The molecule has 0 aliphatic heterocycles. The number of aromatic amines is 1. The van der Waals surface area contributed by atoms with E-state index < -0.39 is 0 Å². The van der Waals surface area contributed by atoms with Gasteiger partial charge >= 0.3 is 0 Å². The summed E-state index contributed by atoms with van der Waals surface area (Å²) in [6, 6.07) is 16.5. The quantitative estimate of drug-likeness (QED) is 0.736. The summed E-state index contributed by atoms with van der Waals surface area (Å²) >= 11 is 0. The lowest BCUT2D eigenvalue weighted by Gasteiger charge is -2.21. The molecular formula is C20H21N3O3. The molecule has 0 aliphatic rings. The summed E-state index contributed by atoms with van der Waals surface area (Å²) in [5, 5.41) is 3.15. The molecule has 0 saturated carbocycles. The fourth-order valence-electron chi connectivity index (χ4n) is 2.96. The third-order valence-electron chi connectivity index (χ3n) is 4.42. The van der Waals surface area contributed by atoms with E-state index in [2.05, 4.69) is 5.10 Å². The van der Waals surface area contributed by atoms with Crippen LogP contribution in [0.1, 0.15) is 12.5 Å². The number of nitrogens with zero attached hydrogens (tertiary/aromatic N) is 2. The molecule has 0 unspecified atom stereocenters. The molecule has 26 heavy (non-hydrogen) atoms. The molecule has 0 fully saturated rings. The molecule has 0 atom stereocenters. The van der Waals surface area contributed by atoms with Crippen molar-refractivity contribution in [3.8, 4) is 0 Å². The van der Waals surface area contributed by atoms with Crippen LogP contribution in [0.5, 0.6) is 0 Å². The fourth-order valence-corrected chi connectivity index (χ4v) is 2.96. The number of likely N-dealkylation sites (N-methyl/N-ethyl adjacent to an activating group) is 1. The molecule has 1 N–H and O–H groups in total. The Labute approximate surface area is 150 Å². The van der Waals surface area contributed by atoms with Gasteiger partial charge in [-0.1, -0.05) is 42.5 Å². The van der Waals surface area contributed by atoms with E-state index in [0.29, 0.717) is 23.9 Å². The molecule has 3 aromatic rings. The Morgan fingerprint density at radius 3 is 2.35 bits per heavy atom. The highest BCUT2D eigenvalue weighted by Crippen LogP contribution is 2.04. The monoisotopic (exact) mass is 351 g/mol. The zero-order valence-electron chi connectivity index (χ0n) is 14.6. The van der Waals surface area contributed by atoms with Crippen LogP contribution in [0.25, 0.3) is 10.8 Å². The zero-order chi connectivity index (χ0) is 18.5. The normalized spacial score (nSPS) is 10.8. The predicted octanol–water partition coefficient (Wildman–Crippen LogP) is 1.78. The molecule has 134 valence electrons. The van der Waals surface area contributed by atoms with E-state index in [-0.39, 0.29) is 23.6 Å². The zero-order valence-corrected chi connectivity index (χ0v) is 14.6. The number of carbonyl (C=O) groups is 1. The molecule has 2 aromatic carbocycles. The minimum Gasteiger partial charge on any atom is -0.341 e. The lowest BCUT2D eigenvalue weighted by molar-refractivity contribution is -0.131. The molecule has 3 rings (SSSR count). The largest absolute Gasteiger partial charge is 0.341 e. The number of rotatable bonds is 6. The molecular weight excluding hydrogens is 330 g/mol. The Hall–Kier alpha value is -3.15. The fraction of sp³-hybridized carbons (Fsp3) is 0.250. The number of fused-ring (bicyclic) bond motifs is 1. The number of H-pyrrole nitrogens is 1. The van der Waals surface area contributed by atoms with Crippen molar-refractivity contribution >= 4 is 16.7 Å². The van der Waals surface area contributed by atoms with Gasteiger partial charge in [0, 0.05) is 13.1 Å². The van der Waals surface area contributed by atoms with E-state index in [1.807, 2.05) is 37.3 Å². The van der Waals surface area contributed by atoms with Gasteiger partial charge in [-0.25, -0.2) is 4.68 Å². The van der Waals surface area contributed by atoms with Crippen molar-refractivity contribution in [1.82, 2.24) is 14.7 Å². The van der Waals surface area contributed by atoms with Gasteiger partial charge in [-0.15, -0.1) is 0 Å². The van der Waals surface area contributed by atoms with Crippen LogP contribution >= 0.6 is 0 Å². The van der Waals surface area contributed by atoms with E-state index in [0.717, 1.165) is 16.7 Å². The van der Waals surface area contributed by atoms with Gasteiger partial charge in [0.15, 0.2) is 0 Å². The highest BCUT2D eigenvalue weighted by Gasteiger charge is 2.15. The third-order valence-corrected chi connectivity index (χ3v) is 4.42. The summed E-state index contributed by atoms with van der Waals surface area (Å²) in [7, 11) is 0. The van der Waals surface area contributed by atoms with E-state index >= 15 is 0 Å². The van der Waals surface area contributed by atoms with Crippen LogP contribution in [0.4, 0.5) is 0 Å². The lowest BCUT2D eigenvalue weighted by Crippen LogP contribution is -2.40. The number of aromatic nitrogens is 2. The Morgan fingerprint density at radius 1 is 1.00 bits per heavy atom. The van der Waals surface area contributed by atoms with Gasteiger partial charge in [0.05, 0.1) is 10.8 Å². The molecule has 6 nitrogen and oxygen atoms in total. The van der Waals surface area contributed by atoms with Gasteiger partial charge in [-0.3, -0.25) is 19.5 Å². The van der Waals surface area contributed by atoms with Crippen LogP contribution in [0.2, 0.25) is 0 Å². The minimum atomic E-state index is -0.375. The number of hydrogen-bond donors (Lipinski definition) is 1. The molecule has 0 spiro atoms. The first-order valence-electron chi connectivity index (χ1n) is 8.63. The standard InChI is InChI=1S/C20H21N3O3/c1-2-22(13-12-15-8-4-3-5-9-15)18(24)14-23-20(26)17-11-7-6-10-16(17)19(25)21-23/h3-11H,2,12-14H2,1H3,(H,21,25). The molecule has 1 heterocycles. The van der Waals surface area contributed by atoms with Crippen molar-refractivity contribution in [2.24, 2.45) is 0 Å². The maximum absolute atomic E-state index is 12.6. The maximum atomic E-state index is 12.6. The van der Waals surface area contributed by atoms with E-state index in [9.17, 15) is 14.4 Å². The van der Waals surface area contributed by atoms with E-state index in [4.69, 9.17) is 0 Å². The van der Waals surface area contributed by atoms with Crippen molar-refractivity contribution in [3.63, 3.8) is 0 Å². The number of nitrogens with one attached hydrogen (secondary N) is 1. The minimum absolute atomic E-state index is 0.179. The number of carbonyl (C=O) groups excluding carboxylic acids is 1. The summed E-state index contributed by atoms with van der Waals surface area (Å²) in [6.45, 7) is 2.82. The van der Waals surface area contributed by atoms with Crippen LogP contribution in [0.15, 0.2) is 64.2 Å². The maximum Gasteiger partial charge on any atom is 0.273 e. The van der Waals surface area contributed by atoms with Crippen LogP contribution in [0, 0.1) is 0 Å². The average molecular weight is 351 g/mol. The Kier molecular flexibility index (Phi) is 5.31. The molecule has 0 aliphatic carbocycles. The van der Waals surface area contributed by atoms with Crippen molar-refractivity contribution in [1.29, 1.82) is 0 Å². The summed E-state index contributed by atoms with van der Waals surface area (Å²) in [6.07, 6.45) is 0.740. The van der Waals surface area contributed by atoms with E-state index in [1.165, 1.54) is 0 Å². The van der Waals surface area contributed by atoms with Gasteiger partial charge in [0.25, 0.3) is 11.1 Å². The molecule has 0 radical (unpaired) electrons. The van der Waals surface area contributed by atoms with Crippen molar-refractivity contribution in [2.75, 3.05) is 13.1 Å². The van der Waals surface area contributed by atoms with Gasteiger partial charge in [-0.05, 0) is 31.0 Å². The third kappa shape index (κ3) is 3.74. The Bertz CT molecular complexity index is 1020. The first kappa shape index (κ1) is 17.7.